The number of amides is 1. The number of ether oxygens (including phenoxy) is 1. The molecule has 5 nitrogen and oxygen atoms in total. The number of nitrogens with zero attached hydrogens (tertiary/aromatic N) is 2. The van der Waals surface area contributed by atoms with E-state index in [-0.39, 0.29) is 29.3 Å². The van der Waals surface area contributed by atoms with Crippen LogP contribution < -0.4 is 9.64 Å². The number of methoxy groups -OCH3 is 1. The average molecular weight is 483 g/mol. The van der Waals surface area contributed by atoms with Gasteiger partial charge in [0.2, 0.25) is 5.91 Å². The number of hydrogen-bond donors (Lipinski definition) is 0. The Hall–Kier alpha value is -3.80. The molecule has 0 radical (unpaired) electrons. The van der Waals surface area contributed by atoms with Crippen molar-refractivity contribution >= 4 is 28.8 Å². The van der Waals surface area contributed by atoms with Crippen LogP contribution in [0.3, 0.4) is 0 Å². The zero-order valence-corrected chi connectivity index (χ0v) is 20.1. The summed E-state index contributed by atoms with van der Waals surface area (Å²) < 4.78 is 19.2. The van der Waals surface area contributed by atoms with Crippen LogP contribution in [0, 0.1) is 17.7 Å². The number of para-hydroxylation sites is 2. The van der Waals surface area contributed by atoms with Gasteiger partial charge < -0.3 is 9.64 Å². The van der Waals surface area contributed by atoms with Crippen LogP contribution in [0.4, 0.5) is 15.8 Å². The van der Waals surface area contributed by atoms with E-state index in [4.69, 9.17) is 9.73 Å². The highest BCUT2D eigenvalue weighted by Crippen LogP contribution is 2.49. The molecule has 3 atom stereocenters. The van der Waals surface area contributed by atoms with Crippen LogP contribution >= 0.6 is 0 Å². The van der Waals surface area contributed by atoms with Crippen LogP contribution in [0.25, 0.3) is 0 Å². The van der Waals surface area contributed by atoms with E-state index in [9.17, 15) is 14.0 Å². The first kappa shape index (κ1) is 22.7. The monoisotopic (exact) mass is 482 g/mol. The summed E-state index contributed by atoms with van der Waals surface area (Å²) in [6, 6.07) is 21.1. The van der Waals surface area contributed by atoms with Crippen LogP contribution in [0.15, 0.2) is 77.8 Å². The molecule has 0 aromatic heterocycles. The molecule has 3 aliphatic rings. The number of fused-ring (bicyclic) bond motifs is 2. The van der Waals surface area contributed by atoms with Crippen LogP contribution in [0.1, 0.15) is 48.8 Å². The molecular weight excluding hydrogens is 455 g/mol. The van der Waals surface area contributed by atoms with Gasteiger partial charge >= 0.3 is 0 Å². The SMILES string of the molecule is COc1ccc(C2CC(=O)C3C(=Nc4ccccc4N(C(=O)C4CC4)C3c3ccc(F)cc3)C2)cc1. The third kappa shape index (κ3) is 4.00. The summed E-state index contributed by atoms with van der Waals surface area (Å²) in [6.45, 7) is 0. The first-order chi connectivity index (χ1) is 17.5. The van der Waals surface area contributed by atoms with Gasteiger partial charge in [-0.15, -0.1) is 0 Å². The number of aliphatic imine (C=N–C) groups is 1. The minimum atomic E-state index is -0.583. The molecule has 2 saturated carbocycles. The van der Waals surface area contributed by atoms with E-state index in [2.05, 4.69) is 0 Å². The normalized spacial score (nSPS) is 23.3. The molecule has 36 heavy (non-hydrogen) atoms. The summed E-state index contributed by atoms with van der Waals surface area (Å²) in [5, 5.41) is 0. The van der Waals surface area contributed by atoms with Crippen LogP contribution in [-0.2, 0) is 9.59 Å². The molecule has 3 unspecified atom stereocenters. The van der Waals surface area contributed by atoms with Gasteiger partial charge in [0.1, 0.15) is 17.3 Å². The Morgan fingerprint density at radius 2 is 1.64 bits per heavy atom. The molecule has 1 heterocycles. The maximum absolute atomic E-state index is 13.9. The zero-order chi connectivity index (χ0) is 24.8. The van der Waals surface area contributed by atoms with E-state index in [1.54, 1.807) is 24.1 Å². The van der Waals surface area contributed by atoms with E-state index in [0.717, 1.165) is 35.4 Å². The summed E-state index contributed by atoms with van der Waals surface area (Å²) >= 11 is 0. The van der Waals surface area contributed by atoms with Crippen LogP contribution in [-0.4, -0.2) is 24.5 Å². The third-order valence-electron chi connectivity index (χ3n) is 7.57. The molecule has 0 saturated heterocycles. The number of rotatable bonds is 4. The molecule has 0 spiro atoms. The van der Waals surface area contributed by atoms with Crippen molar-refractivity contribution in [1.82, 2.24) is 0 Å². The van der Waals surface area contributed by atoms with Gasteiger partial charge in [-0.25, -0.2) is 4.39 Å². The second-order valence-corrected chi connectivity index (χ2v) is 9.89. The van der Waals surface area contributed by atoms with Crippen molar-refractivity contribution in [1.29, 1.82) is 0 Å². The highest BCUT2D eigenvalue weighted by Gasteiger charge is 2.48. The number of carbonyl (C=O) groups is 2. The molecule has 3 aromatic rings. The maximum atomic E-state index is 13.9. The van der Waals surface area contributed by atoms with Gasteiger partial charge in [-0.2, -0.15) is 0 Å². The fourth-order valence-corrected chi connectivity index (χ4v) is 5.59. The first-order valence-corrected chi connectivity index (χ1v) is 12.4. The van der Waals surface area contributed by atoms with Crippen molar-refractivity contribution in [3.63, 3.8) is 0 Å². The van der Waals surface area contributed by atoms with Gasteiger partial charge in [0, 0.05) is 18.1 Å². The van der Waals surface area contributed by atoms with Crippen molar-refractivity contribution in [3.05, 3.63) is 89.7 Å². The Kier molecular flexibility index (Phi) is 5.67. The standard InChI is InChI=1S/C30H27FN2O3/c1-36-23-14-10-18(11-15-23)21-16-25-28(27(34)17-21)29(19-8-12-22(31)13-9-19)33(30(35)20-6-7-20)26-5-3-2-4-24(26)32-25/h2-5,8-15,20-21,28-29H,6-7,16-17H2,1H3. The molecule has 6 heteroatoms. The summed E-state index contributed by atoms with van der Waals surface area (Å²) in [7, 11) is 1.63. The lowest BCUT2D eigenvalue weighted by Crippen LogP contribution is -2.46. The summed E-state index contributed by atoms with van der Waals surface area (Å²) in [6.07, 6.45) is 2.66. The summed E-state index contributed by atoms with van der Waals surface area (Å²) in [5.74, 6) is -0.158. The van der Waals surface area contributed by atoms with Crippen LogP contribution in [0.5, 0.6) is 5.75 Å². The Morgan fingerprint density at radius 1 is 0.944 bits per heavy atom. The summed E-state index contributed by atoms with van der Waals surface area (Å²) in [4.78, 5) is 34.5. The zero-order valence-electron chi connectivity index (χ0n) is 20.1. The van der Waals surface area contributed by atoms with E-state index in [1.807, 2.05) is 48.5 Å². The fourth-order valence-electron chi connectivity index (χ4n) is 5.59. The van der Waals surface area contributed by atoms with E-state index < -0.39 is 12.0 Å². The van der Waals surface area contributed by atoms with Crippen molar-refractivity contribution in [2.24, 2.45) is 16.8 Å². The molecule has 3 aromatic carbocycles. The number of benzene rings is 3. The van der Waals surface area contributed by atoms with Crippen molar-refractivity contribution in [2.45, 2.75) is 37.6 Å². The van der Waals surface area contributed by atoms with Crippen molar-refractivity contribution < 1.29 is 18.7 Å². The molecule has 6 rings (SSSR count). The molecule has 2 aliphatic carbocycles. The molecule has 182 valence electrons. The lowest BCUT2D eigenvalue weighted by atomic mass is 9.72. The lowest BCUT2D eigenvalue weighted by Gasteiger charge is -2.39. The molecule has 1 aliphatic heterocycles. The molecular formula is C30H27FN2O3. The smallest absolute Gasteiger partial charge is 0.230 e. The maximum Gasteiger partial charge on any atom is 0.230 e. The minimum absolute atomic E-state index is 0.00915. The Bertz CT molecular complexity index is 1350. The van der Waals surface area contributed by atoms with E-state index in [0.29, 0.717) is 24.2 Å². The predicted octanol–water partition coefficient (Wildman–Crippen LogP) is 6.17. The van der Waals surface area contributed by atoms with Crippen LogP contribution in [0.2, 0.25) is 0 Å². The second kappa shape index (κ2) is 9.01. The predicted molar refractivity (Wildman–Crippen MR) is 136 cm³/mol. The van der Waals surface area contributed by atoms with E-state index >= 15 is 0 Å². The number of hydrogen-bond acceptors (Lipinski definition) is 4. The first-order valence-electron chi connectivity index (χ1n) is 12.4. The lowest BCUT2D eigenvalue weighted by molar-refractivity contribution is -0.123. The number of halogens is 1. The van der Waals surface area contributed by atoms with Gasteiger partial charge in [0.25, 0.3) is 0 Å². The number of ketones is 1. The van der Waals surface area contributed by atoms with Gasteiger partial charge in [0.15, 0.2) is 0 Å². The number of carbonyl (C=O) groups excluding carboxylic acids is 2. The summed E-state index contributed by atoms with van der Waals surface area (Å²) in [5.41, 5.74) is 3.99. The van der Waals surface area contributed by atoms with Gasteiger partial charge in [-0.1, -0.05) is 36.4 Å². The Morgan fingerprint density at radius 3 is 2.33 bits per heavy atom. The topological polar surface area (TPSA) is 59.0 Å². The van der Waals surface area contributed by atoms with E-state index in [1.165, 1.54) is 12.1 Å². The quantitative estimate of drug-likeness (QED) is 0.447. The number of Topliss-reactive ketones (excluding diaryl/α,β-unsaturated/α-hetero) is 1. The van der Waals surface area contributed by atoms with Gasteiger partial charge in [-0.05, 0) is 72.7 Å². The van der Waals surface area contributed by atoms with Gasteiger partial charge in [-0.3, -0.25) is 14.6 Å². The average Bonchev–Trinajstić information content (AvgIpc) is 3.75. The fraction of sp³-hybridized carbons (Fsp3) is 0.300. The minimum Gasteiger partial charge on any atom is -0.497 e. The second-order valence-electron chi connectivity index (χ2n) is 9.89. The van der Waals surface area contributed by atoms with Crippen molar-refractivity contribution in [2.75, 3.05) is 12.0 Å². The molecule has 1 amide bonds. The Balaban J connectivity index is 1.48. The third-order valence-corrected chi connectivity index (χ3v) is 7.57. The Labute approximate surface area is 209 Å². The van der Waals surface area contributed by atoms with Crippen molar-refractivity contribution in [3.8, 4) is 5.75 Å². The molecule has 0 bridgehead atoms. The molecule has 2 fully saturated rings. The highest BCUT2D eigenvalue weighted by atomic mass is 19.1. The number of anilines is 1. The van der Waals surface area contributed by atoms with Gasteiger partial charge in [0.05, 0.1) is 30.4 Å². The highest BCUT2D eigenvalue weighted by molar-refractivity contribution is 6.13. The molecule has 0 N–H and O–H groups in total. The largest absolute Gasteiger partial charge is 0.497 e.